The van der Waals surface area contributed by atoms with E-state index in [2.05, 4.69) is 10.1 Å². The lowest BCUT2D eigenvalue weighted by molar-refractivity contribution is -0.201. The molecule has 1 atom stereocenters. The van der Waals surface area contributed by atoms with Gasteiger partial charge in [0.2, 0.25) is 15.9 Å². The summed E-state index contributed by atoms with van der Waals surface area (Å²) in [7, 11) is -3.43. The van der Waals surface area contributed by atoms with Crippen LogP contribution in [-0.4, -0.2) is 76.7 Å². The van der Waals surface area contributed by atoms with Gasteiger partial charge in [0, 0.05) is 37.9 Å². The van der Waals surface area contributed by atoms with Crippen LogP contribution in [0.4, 0.5) is 24.5 Å². The third-order valence-corrected chi connectivity index (χ3v) is 10.2. The quantitative estimate of drug-likeness (QED) is 0.424. The van der Waals surface area contributed by atoms with E-state index in [9.17, 15) is 26.4 Å². The van der Waals surface area contributed by atoms with Gasteiger partial charge in [-0.15, -0.1) is 0 Å². The van der Waals surface area contributed by atoms with E-state index >= 15 is 0 Å². The summed E-state index contributed by atoms with van der Waals surface area (Å²) in [5, 5.41) is 4.66. The third-order valence-electron chi connectivity index (χ3n) is 8.68. The standard InChI is InChI=1S/C27H30ClF3N6O3S/c1-41(39,40)34-14-10-26(11-15-34)9-3-13-36(25(26)38)24(27(29,30)31)18-5-7-19(8-6-18)35-12-2-4-20-21(35)17-32-23-16-22(28)33-37(20)23/h5-8,16-17,24H,2-4,9-15H2,1H3/t24-/m0/s1. The van der Waals surface area contributed by atoms with Crippen LogP contribution < -0.4 is 4.90 Å². The monoisotopic (exact) mass is 610 g/mol. The van der Waals surface area contributed by atoms with Gasteiger partial charge in [0.1, 0.15) is 0 Å². The summed E-state index contributed by atoms with van der Waals surface area (Å²) in [6, 6.07) is 5.78. The molecule has 14 heteroatoms. The molecule has 220 valence electrons. The van der Waals surface area contributed by atoms with Gasteiger partial charge >= 0.3 is 6.18 Å². The first-order valence-corrected chi connectivity index (χ1v) is 15.8. The molecule has 0 saturated carbocycles. The van der Waals surface area contributed by atoms with Crippen molar-refractivity contribution in [2.24, 2.45) is 5.41 Å². The number of fused-ring (bicyclic) bond motifs is 3. The Morgan fingerprint density at radius 3 is 2.39 bits per heavy atom. The third kappa shape index (κ3) is 5.05. The van der Waals surface area contributed by atoms with Crippen LogP contribution >= 0.6 is 11.6 Å². The van der Waals surface area contributed by atoms with E-state index in [0.29, 0.717) is 35.9 Å². The van der Waals surface area contributed by atoms with Crippen LogP contribution in [0.1, 0.15) is 49.4 Å². The van der Waals surface area contributed by atoms with E-state index in [1.807, 2.05) is 4.90 Å². The van der Waals surface area contributed by atoms with Crippen LogP contribution in [0, 0.1) is 5.41 Å². The molecule has 0 aliphatic carbocycles. The first-order valence-electron chi connectivity index (χ1n) is 13.6. The van der Waals surface area contributed by atoms with Gasteiger partial charge in [-0.25, -0.2) is 22.2 Å². The molecule has 0 radical (unpaired) electrons. The van der Waals surface area contributed by atoms with E-state index in [0.717, 1.165) is 35.4 Å². The first kappa shape index (κ1) is 28.2. The Morgan fingerprint density at radius 2 is 1.73 bits per heavy atom. The topological polar surface area (TPSA) is 91.1 Å². The number of amides is 1. The number of aryl methyl sites for hydroxylation is 1. The van der Waals surface area contributed by atoms with E-state index in [-0.39, 0.29) is 38.0 Å². The van der Waals surface area contributed by atoms with Crippen LogP contribution in [0.25, 0.3) is 5.65 Å². The van der Waals surface area contributed by atoms with Crippen molar-refractivity contribution in [3.05, 3.63) is 52.9 Å². The molecule has 2 aromatic heterocycles. The van der Waals surface area contributed by atoms with Crippen molar-refractivity contribution in [2.75, 3.05) is 37.3 Å². The van der Waals surface area contributed by atoms with Crippen LogP contribution in [0.3, 0.4) is 0 Å². The van der Waals surface area contributed by atoms with Crippen molar-refractivity contribution in [3.63, 3.8) is 0 Å². The molecule has 3 aromatic rings. The Balaban J connectivity index is 1.28. The fourth-order valence-electron chi connectivity index (χ4n) is 6.64. The van der Waals surface area contributed by atoms with E-state index in [1.165, 1.54) is 16.4 Å². The number of sulfonamides is 1. The van der Waals surface area contributed by atoms with Crippen molar-refractivity contribution < 1.29 is 26.4 Å². The first-order chi connectivity index (χ1) is 19.4. The van der Waals surface area contributed by atoms with Gasteiger partial charge in [-0.1, -0.05) is 23.7 Å². The molecule has 0 N–H and O–H groups in total. The SMILES string of the molecule is CS(=O)(=O)N1CCC2(CCCN([C@@H](c3ccc(N4CCCc5c4cnc4cc(Cl)nn54)cc3)C(F)(F)F)C2=O)CC1. The Labute approximate surface area is 240 Å². The minimum Gasteiger partial charge on any atom is -0.339 e. The lowest BCUT2D eigenvalue weighted by Crippen LogP contribution is -2.56. The molecular weight excluding hydrogens is 581 g/mol. The van der Waals surface area contributed by atoms with Gasteiger partial charge in [-0.2, -0.15) is 18.3 Å². The van der Waals surface area contributed by atoms with Crippen LogP contribution in [0.5, 0.6) is 0 Å². The number of likely N-dealkylation sites (tertiary alicyclic amines) is 1. The molecular formula is C27H30ClF3N6O3S. The normalized spacial score (nSPS) is 21.0. The van der Waals surface area contributed by atoms with Crippen LogP contribution in [0.15, 0.2) is 36.5 Å². The number of rotatable bonds is 4. The average Bonchev–Trinajstić information content (AvgIpc) is 3.31. The zero-order valence-electron chi connectivity index (χ0n) is 22.4. The van der Waals surface area contributed by atoms with Crippen molar-refractivity contribution >= 4 is 44.6 Å². The second kappa shape index (κ2) is 10.1. The zero-order valence-corrected chi connectivity index (χ0v) is 24.0. The molecule has 3 aliphatic rings. The minimum absolute atomic E-state index is 0.00407. The number of halogens is 4. The Kier molecular flexibility index (Phi) is 6.97. The highest BCUT2D eigenvalue weighted by Crippen LogP contribution is 2.47. The molecule has 3 aliphatic heterocycles. The Hall–Kier alpha value is -2.90. The number of alkyl halides is 3. The number of carbonyl (C=O) groups is 1. The van der Waals surface area contributed by atoms with Crippen molar-refractivity contribution in [2.45, 2.75) is 50.7 Å². The number of hydrogen-bond acceptors (Lipinski definition) is 6. The fraction of sp³-hybridized carbons (Fsp3) is 0.519. The van der Waals surface area contributed by atoms with Gasteiger partial charge in [0.25, 0.3) is 0 Å². The van der Waals surface area contributed by atoms with Crippen molar-refractivity contribution in [1.82, 2.24) is 23.8 Å². The summed E-state index contributed by atoms with van der Waals surface area (Å²) < 4.78 is 70.8. The molecule has 1 spiro atoms. The lowest BCUT2D eigenvalue weighted by Gasteiger charge is -2.48. The summed E-state index contributed by atoms with van der Waals surface area (Å²) >= 11 is 6.08. The van der Waals surface area contributed by atoms with E-state index < -0.39 is 33.6 Å². The number of hydrogen-bond donors (Lipinski definition) is 0. The largest absolute Gasteiger partial charge is 0.413 e. The second-order valence-corrected chi connectivity index (χ2v) is 13.5. The molecule has 1 aromatic carbocycles. The van der Waals surface area contributed by atoms with Crippen molar-refractivity contribution in [3.8, 4) is 0 Å². The minimum atomic E-state index is -4.68. The highest BCUT2D eigenvalue weighted by atomic mass is 35.5. The van der Waals surface area contributed by atoms with Gasteiger partial charge in [-0.3, -0.25) is 4.79 Å². The second-order valence-electron chi connectivity index (χ2n) is 11.2. The summed E-state index contributed by atoms with van der Waals surface area (Å²) in [6.07, 6.45) is 1.06. The molecule has 0 unspecified atom stereocenters. The summed E-state index contributed by atoms with van der Waals surface area (Å²) in [5.74, 6) is -0.541. The molecule has 2 fully saturated rings. The molecule has 2 saturated heterocycles. The van der Waals surface area contributed by atoms with Crippen LogP contribution in [-0.2, 0) is 21.2 Å². The van der Waals surface area contributed by atoms with E-state index in [1.54, 1.807) is 28.9 Å². The van der Waals surface area contributed by atoms with Gasteiger partial charge in [0.05, 0.1) is 29.2 Å². The number of nitrogens with zero attached hydrogens (tertiary/aromatic N) is 6. The molecule has 9 nitrogen and oxygen atoms in total. The predicted molar refractivity (Wildman–Crippen MR) is 148 cm³/mol. The van der Waals surface area contributed by atoms with E-state index in [4.69, 9.17) is 11.6 Å². The highest BCUT2D eigenvalue weighted by molar-refractivity contribution is 7.88. The van der Waals surface area contributed by atoms with Gasteiger partial charge in [-0.05, 0) is 56.2 Å². The number of carbonyl (C=O) groups excluding carboxylic acids is 1. The smallest absolute Gasteiger partial charge is 0.339 e. The maximum Gasteiger partial charge on any atom is 0.413 e. The molecule has 6 rings (SSSR count). The highest BCUT2D eigenvalue weighted by Gasteiger charge is 2.53. The molecule has 1 amide bonds. The number of anilines is 2. The number of benzene rings is 1. The Bertz CT molecular complexity index is 1590. The molecule has 0 bridgehead atoms. The number of aromatic nitrogens is 3. The number of piperidine rings is 2. The van der Waals surface area contributed by atoms with Gasteiger partial charge < -0.3 is 9.80 Å². The summed E-state index contributed by atoms with van der Waals surface area (Å²) in [6.45, 7) is 0.921. The maximum absolute atomic E-state index is 14.6. The van der Waals surface area contributed by atoms with Gasteiger partial charge in [0.15, 0.2) is 16.8 Å². The fourth-order valence-corrected chi connectivity index (χ4v) is 7.66. The predicted octanol–water partition coefficient (Wildman–Crippen LogP) is 4.73. The van der Waals surface area contributed by atoms with Crippen LogP contribution in [0.2, 0.25) is 5.15 Å². The summed E-state index contributed by atoms with van der Waals surface area (Å²) in [5.41, 5.74) is 2.10. The Morgan fingerprint density at radius 1 is 1.02 bits per heavy atom. The molecule has 5 heterocycles. The summed E-state index contributed by atoms with van der Waals surface area (Å²) in [4.78, 5) is 21.1. The lowest BCUT2D eigenvalue weighted by atomic mass is 9.71. The molecule has 41 heavy (non-hydrogen) atoms. The van der Waals surface area contributed by atoms with Crippen molar-refractivity contribution in [1.29, 1.82) is 0 Å². The zero-order chi connectivity index (χ0) is 29.2. The average molecular weight is 611 g/mol. The maximum atomic E-state index is 14.6.